The molecule has 0 radical (unpaired) electrons. The molecule has 0 heterocycles. The zero-order valence-corrected chi connectivity index (χ0v) is 9.45. The number of halogens is 1. The van der Waals surface area contributed by atoms with Gasteiger partial charge in [0.15, 0.2) is 0 Å². The van der Waals surface area contributed by atoms with Crippen molar-refractivity contribution in [2.45, 2.75) is 39.5 Å². The molecular weight excluding hydrogens is 240 g/mol. The Morgan fingerprint density at radius 2 is 1.10 bits per heavy atom. The molecule has 0 N–H and O–H groups in total. The molecular formula is C8H18BrCu-2. The predicted molar refractivity (Wildman–Crippen MR) is 49.5 cm³/mol. The summed E-state index contributed by atoms with van der Waals surface area (Å²) < 4.78 is 0. The van der Waals surface area contributed by atoms with Gasteiger partial charge < -0.3 is 13.8 Å². The van der Waals surface area contributed by atoms with E-state index in [1.807, 2.05) is 0 Å². The van der Waals surface area contributed by atoms with Crippen molar-refractivity contribution in [2.75, 3.05) is 0 Å². The van der Waals surface area contributed by atoms with E-state index in [1.54, 1.807) is 0 Å². The van der Waals surface area contributed by atoms with Gasteiger partial charge >= 0.3 is 28.3 Å². The van der Waals surface area contributed by atoms with Gasteiger partial charge in [-0.3, -0.25) is 0 Å². The SMILES string of the molecule is [CH2-]CCC.[CH2-]CCC.[Cu][Br]. The first kappa shape index (κ1) is 17.2. The van der Waals surface area contributed by atoms with E-state index in [0.29, 0.717) is 0 Å². The maximum atomic E-state index is 4.00. The average molecular weight is 258 g/mol. The third kappa shape index (κ3) is 64.0. The zero-order chi connectivity index (χ0) is 8.83. The third-order valence-electron chi connectivity index (χ3n) is 0.707. The predicted octanol–water partition coefficient (Wildman–Crippen LogP) is 4.08. The van der Waals surface area contributed by atoms with Gasteiger partial charge in [0.1, 0.15) is 0 Å². The Labute approximate surface area is 81.7 Å². The van der Waals surface area contributed by atoms with Gasteiger partial charge in [-0.1, -0.05) is 26.7 Å². The minimum atomic E-state index is 1.07. The van der Waals surface area contributed by atoms with Crippen molar-refractivity contribution in [2.24, 2.45) is 0 Å². The van der Waals surface area contributed by atoms with Gasteiger partial charge in [-0.25, -0.2) is 0 Å². The second-order valence-electron chi connectivity index (χ2n) is 1.71. The molecule has 0 atom stereocenters. The summed E-state index contributed by atoms with van der Waals surface area (Å²) in [5.41, 5.74) is 0. The number of rotatable bonds is 2. The van der Waals surface area contributed by atoms with E-state index in [1.165, 1.54) is 12.8 Å². The molecule has 0 bridgehead atoms. The van der Waals surface area contributed by atoms with E-state index in [2.05, 4.69) is 56.0 Å². The standard InChI is InChI=1S/2C4H9.BrH.Cu/c2*1-3-4-2;;/h2*1,3-4H2,2H3;1H;/q2*-1;;+1/p-1. The Balaban J connectivity index is -0.0000000787. The second kappa shape index (κ2) is 32.4. The summed E-state index contributed by atoms with van der Waals surface area (Å²) in [4.78, 5) is 0. The normalized spacial score (nSPS) is 6.70. The van der Waals surface area contributed by atoms with Gasteiger partial charge in [0.25, 0.3) is 0 Å². The van der Waals surface area contributed by atoms with Crippen molar-refractivity contribution in [1.29, 1.82) is 0 Å². The van der Waals surface area contributed by atoms with Crippen molar-refractivity contribution in [3.05, 3.63) is 13.8 Å². The van der Waals surface area contributed by atoms with Crippen LogP contribution in [0.3, 0.4) is 0 Å². The van der Waals surface area contributed by atoms with Crippen LogP contribution in [-0.2, 0) is 14.2 Å². The van der Waals surface area contributed by atoms with Crippen LogP contribution < -0.4 is 0 Å². The second-order valence-corrected chi connectivity index (χ2v) is 1.71. The fourth-order valence-corrected chi connectivity index (χ4v) is 0. The van der Waals surface area contributed by atoms with Crippen LogP contribution >= 0.6 is 14.1 Å². The van der Waals surface area contributed by atoms with Gasteiger partial charge in [0, 0.05) is 0 Å². The number of hydrogen-bond donors (Lipinski definition) is 0. The molecule has 2 heteroatoms. The first-order chi connectivity index (χ1) is 4.83. The Morgan fingerprint density at radius 1 is 1.00 bits per heavy atom. The molecule has 0 aliphatic carbocycles. The number of unbranched alkanes of at least 4 members (excludes halogenated alkanes) is 2. The Hall–Kier alpha value is 0.999. The molecule has 0 rings (SSSR count). The summed E-state index contributed by atoms with van der Waals surface area (Å²) in [6.07, 6.45) is 4.56. The van der Waals surface area contributed by atoms with Crippen molar-refractivity contribution < 1.29 is 14.2 Å². The molecule has 70 valence electrons. The molecule has 0 spiro atoms. The molecule has 0 aliphatic heterocycles. The molecule has 0 nitrogen and oxygen atoms in total. The Kier molecular flexibility index (Phi) is 55.7. The fraction of sp³-hybridized carbons (Fsp3) is 0.750. The number of hydrogen-bond acceptors (Lipinski definition) is 0. The van der Waals surface area contributed by atoms with Gasteiger partial charge in [-0.2, -0.15) is 12.8 Å². The molecule has 10 heavy (non-hydrogen) atoms. The van der Waals surface area contributed by atoms with Gasteiger partial charge in [0.05, 0.1) is 0 Å². The van der Waals surface area contributed by atoms with Crippen molar-refractivity contribution in [3.8, 4) is 0 Å². The van der Waals surface area contributed by atoms with Crippen LogP contribution in [0.1, 0.15) is 39.5 Å². The van der Waals surface area contributed by atoms with E-state index in [4.69, 9.17) is 0 Å². The van der Waals surface area contributed by atoms with Gasteiger partial charge in [-0.05, 0) is 0 Å². The van der Waals surface area contributed by atoms with Crippen LogP contribution in [0.2, 0.25) is 0 Å². The third-order valence-corrected chi connectivity index (χ3v) is 0.707. The molecule has 0 amide bonds. The van der Waals surface area contributed by atoms with Crippen molar-refractivity contribution in [3.63, 3.8) is 0 Å². The Bertz CT molecular complexity index is 17.2. The Morgan fingerprint density at radius 3 is 1.10 bits per heavy atom. The summed E-state index contributed by atoms with van der Waals surface area (Å²) in [6, 6.07) is 0. The van der Waals surface area contributed by atoms with E-state index < -0.39 is 0 Å². The van der Waals surface area contributed by atoms with Gasteiger partial charge in [-0.15, -0.1) is 0 Å². The van der Waals surface area contributed by atoms with Crippen LogP contribution in [0.5, 0.6) is 0 Å². The van der Waals surface area contributed by atoms with Crippen molar-refractivity contribution in [1.82, 2.24) is 0 Å². The summed E-state index contributed by atoms with van der Waals surface area (Å²) in [5.74, 6) is 0. The minimum absolute atomic E-state index is 1.07. The molecule has 0 fully saturated rings. The topological polar surface area (TPSA) is 0 Å². The molecule has 0 saturated heterocycles. The summed E-state index contributed by atoms with van der Waals surface area (Å²) >= 11 is 6.50. The molecule has 0 aliphatic rings. The average Bonchev–Trinajstić information content (AvgIpc) is 2.08. The molecule has 0 aromatic carbocycles. The summed E-state index contributed by atoms with van der Waals surface area (Å²) in [6.45, 7) is 11.4. The van der Waals surface area contributed by atoms with Gasteiger partial charge in [0.2, 0.25) is 0 Å². The molecule has 0 saturated carbocycles. The van der Waals surface area contributed by atoms with Crippen LogP contribution in [0.4, 0.5) is 0 Å². The summed E-state index contributed by atoms with van der Waals surface area (Å²) in [7, 11) is 0. The van der Waals surface area contributed by atoms with Crippen LogP contribution in [0, 0.1) is 13.8 Å². The monoisotopic (exact) mass is 256 g/mol. The van der Waals surface area contributed by atoms with E-state index in [0.717, 1.165) is 12.8 Å². The first-order valence-corrected chi connectivity index (χ1v) is 5.86. The van der Waals surface area contributed by atoms with Crippen LogP contribution in [0.15, 0.2) is 0 Å². The molecule has 0 aromatic heterocycles. The molecule has 0 unspecified atom stereocenters. The quantitative estimate of drug-likeness (QED) is 0.516. The maximum absolute atomic E-state index is 4.00. The zero-order valence-electron chi connectivity index (χ0n) is 6.92. The van der Waals surface area contributed by atoms with Crippen molar-refractivity contribution >= 4 is 14.1 Å². The van der Waals surface area contributed by atoms with Crippen LogP contribution in [0.25, 0.3) is 0 Å². The first-order valence-electron chi connectivity index (χ1n) is 3.53. The fourth-order valence-electron chi connectivity index (χ4n) is 0. The van der Waals surface area contributed by atoms with E-state index in [-0.39, 0.29) is 0 Å². The van der Waals surface area contributed by atoms with E-state index >= 15 is 0 Å². The summed E-state index contributed by atoms with van der Waals surface area (Å²) in [5, 5.41) is 0. The van der Waals surface area contributed by atoms with E-state index in [9.17, 15) is 0 Å². The molecule has 0 aromatic rings. The van der Waals surface area contributed by atoms with Crippen LogP contribution in [-0.4, -0.2) is 0 Å².